The number of carbonyl (C=O) groups excluding carboxylic acids is 1. The third kappa shape index (κ3) is 4.33. The molecule has 1 N–H and O–H groups in total. The molecule has 1 amide bonds. The lowest BCUT2D eigenvalue weighted by Gasteiger charge is -2.12. The fraction of sp³-hybridized carbons (Fsp3) is 0.462. The van der Waals surface area contributed by atoms with Gasteiger partial charge in [-0.2, -0.15) is 0 Å². The number of unbranched alkanes of at least 4 members (excludes halogenated alkanes) is 1. The van der Waals surface area contributed by atoms with Gasteiger partial charge in [-0.05, 0) is 24.6 Å². The van der Waals surface area contributed by atoms with E-state index in [1.807, 2.05) is 6.92 Å². The van der Waals surface area contributed by atoms with E-state index in [-0.39, 0.29) is 10.8 Å². The minimum atomic E-state index is -3.47. The molecule has 0 saturated heterocycles. The number of benzene rings is 1. The first-order valence-electron chi connectivity index (χ1n) is 6.20. The Labute approximate surface area is 114 Å². The summed E-state index contributed by atoms with van der Waals surface area (Å²) < 4.78 is 25.1. The van der Waals surface area contributed by atoms with Gasteiger partial charge in [0.2, 0.25) is 15.9 Å². The van der Waals surface area contributed by atoms with Crippen molar-refractivity contribution in [3.05, 3.63) is 24.3 Å². The van der Waals surface area contributed by atoms with E-state index in [1.54, 1.807) is 12.1 Å². The van der Waals surface area contributed by atoms with Gasteiger partial charge in [-0.1, -0.05) is 19.4 Å². The van der Waals surface area contributed by atoms with Gasteiger partial charge in [0, 0.05) is 26.2 Å². The van der Waals surface area contributed by atoms with Crippen molar-refractivity contribution in [2.24, 2.45) is 0 Å². The molecule has 1 aromatic carbocycles. The van der Waals surface area contributed by atoms with Crippen LogP contribution in [-0.2, 0) is 14.8 Å². The molecule has 0 aliphatic rings. The third-order valence-electron chi connectivity index (χ3n) is 2.65. The summed E-state index contributed by atoms with van der Waals surface area (Å²) in [6.07, 6.45) is 2.21. The van der Waals surface area contributed by atoms with Gasteiger partial charge in [-0.25, -0.2) is 12.7 Å². The van der Waals surface area contributed by atoms with E-state index < -0.39 is 10.0 Å². The average Bonchev–Trinajstić information content (AvgIpc) is 2.36. The number of carbonyl (C=O) groups is 1. The molecule has 0 heterocycles. The van der Waals surface area contributed by atoms with Crippen molar-refractivity contribution in [2.45, 2.75) is 31.1 Å². The molecule has 0 radical (unpaired) electrons. The van der Waals surface area contributed by atoms with Gasteiger partial charge >= 0.3 is 0 Å². The van der Waals surface area contributed by atoms with Crippen LogP contribution in [0.4, 0.5) is 5.69 Å². The Morgan fingerprint density at radius 3 is 2.58 bits per heavy atom. The summed E-state index contributed by atoms with van der Waals surface area (Å²) >= 11 is 0. The molecule has 0 aromatic heterocycles. The molecular formula is C13H20N2O3S. The van der Waals surface area contributed by atoms with Gasteiger partial charge in [-0.3, -0.25) is 4.79 Å². The van der Waals surface area contributed by atoms with Crippen molar-refractivity contribution in [3.8, 4) is 0 Å². The normalized spacial score (nSPS) is 11.6. The Hall–Kier alpha value is -1.40. The van der Waals surface area contributed by atoms with Crippen molar-refractivity contribution in [1.82, 2.24) is 4.31 Å². The van der Waals surface area contributed by atoms with Crippen LogP contribution >= 0.6 is 0 Å². The number of anilines is 1. The third-order valence-corrected chi connectivity index (χ3v) is 4.46. The summed E-state index contributed by atoms with van der Waals surface area (Å²) in [5, 5.41) is 2.71. The molecule has 1 aromatic rings. The summed E-state index contributed by atoms with van der Waals surface area (Å²) in [5.41, 5.74) is 0.504. The molecule has 0 fully saturated rings. The number of hydrogen-bond acceptors (Lipinski definition) is 3. The molecule has 0 unspecified atom stereocenters. The number of sulfonamides is 1. The highest BCUT2D eigenvalue weighted by molar-refractivity contribution is 7.89. The van der Waals surface area contributed by atoms with Crippen molar-refractivity contribution >= 4 is 21.6 Å². The van der Waals surface area contributed by atoms with Gasteiger partial charge in [-0.15, -0.1) is 0 Å². The topological polar surface area (TPSA) is 66.5 Å². The van der Waals surface area contributed by atoms with Gasteiger partial charge in [0.05, 0.1) is 4.90 Å². The second-order valence-corrected chi connectivity index (χ2v) is 6.62. The second-order valence-electron chi connectivity index (χ2n) is 4.47. The number of nitrogens with one attached hydrogen (secondary N) is 1. The molecule has 6 heteroatoms. The average molecular weight is 284 g/mol. The maximum atomic E-state index is 12.0. The Balaban J connectivity index is 2.87. The fourth-order valence-corrected chi connectivity index (χ4v) is 2.45. The van der Waals surface area contributed by atoms with Crippen LogP contribution in [0.25, 0.3) is 0 Å². The van der Waals surface area contributed by atoms with Gasteiger partial charge in [0.15, 0.2) is 0 Å². The van der Waals surface area contributed by atoms with Crippen LogP contribution in [0.1, 0.15) is 26.2 Å². The molecule has 0 atom stereocenters. The highest BCUT2D eigenvalue weighted by atomic mass is 32.2. The largest absolute Gasteiger partial charge is 0.326 e. The van der Waals surface area contributed by atoms with Crippen LogP contribution in [0.15, 0.2) is 29.2 Å². The second kappa shape index (κ2) is 6.68. The number of amides is 1. The minimum Gasteiger partial charge on any atom is -0.326 e. The minimum absolute atomic E-state index is 0.0961. The molecule has 0 bridgehead atoms. The summed E-state index contributed by atoms with van der Waals surface area (Å²) in [7, 11) is -0.522. The first-order chi connectivity index (χ1) is 8.87. The maximum Gasteiger partial charge on any atom is 0.242 e. The Morgan fingerprint density at radius 2 is 2.00 bits per heavy atom. The zero-order chi connectivity index (χ0) is 14.5. The monoisotopic (exact) mass is 284 g/mol. The van der Waals surface area contributed by atoms with Crippen LogP contribution in [0.2, 0.25) is 0 Å². The molecule has 0 spiro atoms. The molecular weight excluding hydrogens is 264 g/mol. The molecule has 0 aliphatic heterocycles. The first-order valence-corrected chi connectivity index (χ1v) is 7.64. The van der Waals surface area contributed by atoms with E-state index in [0.29, 0.717) is 12.1 Å². The van der Waals surface area contributed by atoms with E-state index >= 15 is 0 Å². The van der Waals surface area contributed by atoms with Gasteiger partial charge < -0.3 is 5.32 Å². The predicted octanol–water partition coefficient (Wildman–Crippen LogP) is 2.07. The number of rotatable bonds is 6. The number of hydrogen-bond donors (Lipinski definition) is 1. The lowest BCUT2D eigenvalue weighted by atomic mass is 10.2. The van der Waals surface area contributed by atoms with E-state index in [1.165, 1.54) is 26.2 Å². The molecule has 19 heavy (non-hydrogen) atoms. The van der Waals surface area contributed by atoms with Crippen LogP contribution < -0.4 is 5.32 Å². The Morgan fingerprint density at radius 1 is 1.32 bits per heavy atom. The van der Waals surface area contributed by atoms with Gasteiger partial charge in [0.1, 0.15) is 0 Å². The lowest BCUT2D eigenvalue weighted by Crippen LogP contribution is -2.22. The molecule has 0 aliphatic carbocycles. The first kappa shape index (κ1) is 15.7. The molecule has 1 rings (SSSR count). The van der Waals surface area contributed by atoms with Crippen molar-refractivity contribution in [1.29, 1.82) is 0 Å². The predicted molar refractivity (Wildman–Crippen MR) is 75.5 cm³/mol. The van der Waals surface area contributed by atoms with Gasteiger partial charge in [0.25, 0.3) is 0 Å². The fourth-order valence-electron chi connectivity index (χ4n) is 1.51. The Kier molecular flexibility index (Phi) is 5.50. The lowest BCUT2D eigenvalue weighted by molar-refractivity contribution is -0.116. The van der Waals surface area contributed by atoms with E-state index in [0.717, 1.165) is 17.1 Å². The highest BCUT2D eigenvalue weighted by Gasteiger charge is 2.17. The van der Waals surface area contributed by atoms with Crippen LogP contribution in [0.3, 0.4) is 0 Å². The van der Waals surface area contributed by atoms with Crippen LogP contribution in [0.5, 0.6) is 0 Å². The Bertz CT molecular complexity index is 539. The zero-order valence-corrected chi connectivity index (χ0v) is 12.3. The maximum absolute atomic E-state index is 12.0. The zero-order valence-electron chi connectivity index (χ0n) is 11.5. The highest BCUT2D eigenvalue weighted by Crippen LogP contribution is 2.18. The summed E-state index contributed by atoms with van der Waals surface area (Å²) in [6.45, 7) is 2.01. The van der Waals surface area contributed by atoms with Crippen LogP contribution in [-0.4, -0.2) is 32.7 Å². The summed E-state index contributed by atoms with van der Waals surface area (Å²) in [5.74, 6) is -0.0961. The van der Waals surface area contributed by atoms with E-state index in [2.05, 4.69) is 5.32 Å². The van der Waals surface area contributed by atoms with E-state index in [9.17, 15) is 13.2 Å². The molecule has 106 valence electrons. The van der Waals surface area contributed by atoms with Crippen LogP contribution in [0, 0.1) is 0 Å². The SMILES string of the molecule is CCCCC(=O)Nc1cccc(S(=O)(=O)N(C)C)c1. The quantitative estimate of drug-likeness (QED) is 0.869. The summed E-state index contributed by atoms with van der Waals surface area (Å²) in [4.78, 5) is 11.8. The smallest absolute Gasteiger partial charge is 0.242 e. The van der Waals surface area contributed by atoms with Crippen molar-refractivity contribution in [2.75, 3.05) is 19.4 Å². The molecule has 5 nitrogen and oxygen atoms in total. The van der Waals surface area contributed by atoms with E-state index in [4.69, 9.17) is 0 Å². The number of nitrogens with zero attached hydrogens (tertiary/aromatic N) is 1. The molecule has 0 saturated carbocycles. The standard InChI is InChI=1S/C13H20N2O3S/c1-4-5-9-13(16)14-11-7-6-8-12(10-11)19(17,18)15(2)3/h6-8,10H,4-5,9H2,1-3H3,(H,14,16). The van der Waals surface area contributed by atoms with Crippen molar-refractivity contribution < 1.29 is 13.2 Å². The summed E-state index contributed by atoms with van der Waals surface area (Å²) in [6, 6.07) is 6.28. The van der Waals surface area contributed by atoms with Crippen molar-refractivity contribution in [3.63, 3.8) is 0 Å².